The molecule has 0 bridgehead atoms. The molecule has 0 aromatic heterocycles. The third kappa shape index (κ3) is 6.54. The molecule has 0 radical (unpaired) electrons. The second-order valence-corrected chi connectivity index (χ2v) is 2.81. The van der Waals surface area contributed by atoms with E-state index in [0.717, 1.165) is 12.5 Å². The van der Waals surface area contributed by atoms with Crippen LogP contribution in [0.1, 0.15) is 26.7 Å². The van der Waals surface area contributed by atoms with E-state index in [4.69, 9.17) is 9.47 Å². The van der Waals surface area contributed by atoms with Crippen LogP contribution in [0, 0.1) is 0 Å². The standard InChI is InChI=1S/C10H17NO4/c1-4-7-11-10(13)15-9(6-3)14-8(12)5-2/h5,9H,2,4,6-7H2,1,3H3,(H,11,13). The van der Waals surface area contributed by atoms with Crippen LogP contribution in [0.4, 0.5) is 4.79 Å². The molecule has 5 nitrogen and oxygen atoms in total. The van der Waals surface area contributed by atoms with Crippen LogP contribution in [-0.2, 0) is 14.3 Å². The van der Waals surface area contributed by atoms with Gasteiger partial charge in [0.05, 0.1) is 0 Å². The maximum atomic E-state index is 11.1. The maximum Gasteiger partial charge on any atom is 0.410 e. The number of alkyl carbamates (subject to hydrolysis) is 1. The smallest absolute Gasteiger partial charge is 0.410 e. The normalized spacial score (nSPS) is 11.3. The van der Waals surface area contributed by atoms with E-state index < -0.39 is 18.4 Å². The van der Waals surface area contributed by atoms with Crippen LogP contribution in [0.3, 0.4) is 0 Å². The molecular weight excluding hydrogens is 198 g/mol. The average Bonchev–Trinajstić information content (AvgIpc) is 2.25. The zero-order valence-corrected chi connectivity index (χ0v) is 9.12. The van der Waals surface area contributed by atoms with Crippen molar-refractivity contribution in [1.29, 1.82) is 0 Å². The number of rotatable bonds is 6. The first-order valence-corrected chi connectivity index (χ1v) is 4.91. The summed E-state index contributed by atoms with van der Waals surface area (Å²) >= 11 is 0. The molecule has 0 aromatic rings. The molecule has 0 aliphatic rings. The molecule has 1 unspecified atom stereocenters. The summed E-state index contributed by atoms with van der Waals surface area (Å²) in [4.78, 5) is 21.9. The van der Waals surface area contributed by atoms with Crippen molar-refractivity contribution >= 4 is 12.1 Å². The van der Waals surface area contributed by atoms with Crippen molar-refractivity contribution in [2.75, 3.05) is 6.54 Å². The monoisotopic (exact) mass is 215 g/mol. The minimum absolute atomic E-state index is 0.402. The van der Waals surface area contributed by atoms with Crippen molar-refractivity contribution in [3.8, 4) is 0 Å². The molecule has 1 N–H and O–H groups in total. The highest BCUT2D eigenvalue weighted by Crippen LogP contribution is 2.01. The number of carbonyl (C=O) groups excluding carboxylic acids is 2. The SMILES string of the molecule is C=CC(=O)OC(CC)OC(=O)NCCC. The van der Waals surface area contributed by atoms with Gasteiger partial charge in [0, 0.05) is 19.0 Å². The summed E-state index contributed by atoms with van der Waals surface area (Å²) in [6.45, 7) is 7.45. The topological polar surface area (TPSA) is 64.6 Å². The predicted molar refractivity (Wildman–Crippen MR) is 55.1 cm³/mol. The van der Waals surface area contributed by atoms with E-state index in [1.807, 2.05) is 6.92 Å². The zero-order chi connectivity index (χ0) is 11.7. The summed E-state index contributed by atoms with van der Waals surface area (Å²) in [5, 5.41) is 2.51. The second-order valence-electron chi connectivity index (χ2n) is 2.81. The lowest BCUT2D eigenvalue weighted by atomic mass is 10.4. The molecule has 0 rings (SSSR count). The molecule has 86 valence electrons. The molecule has 0 fully saturated rings. The molecule has 0 aliphatic carbocycles. The molecule has 0 aromatic carbocycles. The first-order valence-electron chi connectivity index (χ1n) is 4.91. The number of amides is 1. The lowest BCUT2D eigenvalue weighted by molar-refractivity contribution is -0.161. The number of hydrogen-bond acceptors (Lipinski definition) is 4. The highest BCUT2D eigenvalue weighted by molar-refractivity contribution is 5.81. The highest BCUT2D eigenvalue weighted by Gasteiger charge is 2.14. The molecule has 0 saturated heterocycles. The number of carbonyl (C=O) groups is 2. The van der Waals surface area contributed by atoms with Gasteiger partial charge in [-0.3, -0.25) is 0 Å². The predicted octanol–water partition coefficient (Wildman–Crippen LogP) is 1.59. The summed E-state index contributed by atoms with van der Waals surface area (Å²) in [7, 11) is 0. The van der Waals surface area contributed by atoms with Crippen molar-refractivity contribution < 1.29 is 19.1 Å². The van der Waals surface area contributed by atoms with Crippen molar-refractivity contribution in [2.45, 2.75) is 33.0 Å². The lowest BCUT2D eigenvalue weighted by Crippen LogP contribution is -2.31. The van der Waals surface area contributed by atoms with E-state index in [2.05, 4.69) is 11.9 Å². The van der Waals surface area contributed by atoms with Gasteiger partial charge in [-0.05, 0) is 6.42 Å². The van der Waals surface area contributed by atoms with Crippen molar-refractivity contribution in [3.63, 3.8) is 0 Å². The van der Waals surface area contributed by atoms with Crippen LogP contribution in [0.25, 0.3) is 0 Å². The molecule has 1 atom stereocenters. The molecule has 15 heavy (non-hydrogen) atoms. The van der Waals surface area contributed by atoms with E-state index in [-0.39, 0.29) is 0 Å². The Morgan fingerprint density at radius 1 is 1.40 bits per heavy atom. The Morgan fingerprint density at radius 2 is 2.07 bits per heavy atom. The number of hydrogen-bond donors (Lipinski definition) is 1. The molecule has 0 aliphatic heterocycles. The van der Waals surface area contributed by atoms with Crippen LogP contribution in [0.5, 0.6) is 0 Å². The van der Waals surface area contributed by atoms with Gasteiger partial charge < -0.3 is 14.8 Å². The summed E-state index contributed by atoms with van der Waals surface area (Å²) in [6.07, 6.45) is 0.806. The minimum Gasteiger partial charge on any atom is -0.422 e. The Kier molecular flexibility index (Phi) is 7.05. The van der Waals surface area contributed by atoms with E-state index >= 15 is 0 Å². The Morgan fingerprint density at radius 3 is 2.53 bits per heavy atom. The summed E-state index contributed by atoms with van der Waals surface area (Å²) in [5.74, 6) is -0.606. The van der Waals surface area contributed by atoms with Gasteiger partial charge in [0.1, 0.15) is 0 Å². The quantitative estimate of drug-likeness (QED) is 0.415. The molecular formula is C10H17NO4. The summed E-state index contributed by atoms with van der Waals surface area (Å²) in [5.41, 5.74) is 0. The zero-order valence-electron chi connectivity index (χ0n) is 9.12. The van der Waals surface area contributed by atoms with Gasteiger partial charge in [0.15, 0.2) is 0 Å². The van der Waals surface area contributed by atoms with Crippen molar-refractivity contribution in [2.24, 2.45) is 0 Å². The minimum atomic E-state index is -0.854. The Bertz CT molecular complexity index is 227. The maximum absolute atomic E-state index is 11.1. The molecule has 0 saturated carbocycles. The largest absolute Gasteiger partial charge is 0.422 e. The third-order valence-corrected chi connectivity index (χ3v) is 1.51. The highest BCUT2D eigenvalue weighted by atomic mass is 16.7. The third-order valence-electron chi connectivity index (χ3n) is 1.51. The molecule has 1 amide bonds. The Labute approximate surface area is 89.4 Å². The summed E-state index contributed by atoms with van der Waals surface area (Å²) < 4.78 is 9.59. The van der Waals surface area contributed by atoms with Gasteiger partial charge in [-0.2, -0.15) is 0 Å². The van der Waals surface area contributed by atoms with E-state index in [1.54, 1.807) is 6.92 Å². The van der Waals surface area contributed by atoms with Crippen LogP contribution in [0.15, 0.2) is 12.7 Å². The van der Waals surface area contributed by atoms with Crippen molar-refractivity contribution in [1.82, 2.24) is 5.32 Å². The fourth-order valence-corrected chi connectivity index (χ4v) is 0.757. The van der Waals surface area contributed by atoms with E-state index in [1.165, 1.54) is 0 Å². The number of esters is 1. The first-order chi connectivity index (χ1) is 7.13. The average molecular weight is 215 g/mol. The Hall–Kier alpha value is -1.52. The first kappa shape index (κ1) is 13.5. The van der Waals surface area contributed by atoms with Gasteiger partial charge in [0.25, 0.3) is 0 Å². The van der Waals surface area contributed by atoms with Gasteiger partial charge in [-0.25, -0.2) is 9.59 Å². The van der Waals surface area contributed by atoms with Crippen LogP contribution in [-0.4, -0.2) is 24.9 Å². The fraction of sp³-hybridized carbons (Fsp3) is 0.600. The van der Waals surface area contributed by atoms with Gasteiger partial charge in [-0.1, -0.05) is 20.4 Å². The van der Waals surface area contributed by atoms with Crippen molar-refractivity contribution in [3.05, 3.63) is 12.7 Å². The van der Waals surface area contributed by atoms with E-state index in [0.29, 0.717) is 13.0 Å². The lowest BCUT2D eigenvalue weighted by Gasteiger charge is -2.15. The van der Waals surface area contributed by atoms with Gasteiger partial charge >= 0.3 is 12.1 Å². The molecule has 0 heterocycles. The number of nitrogens with one attached hydrogen (secondary N) is 1. The molecule has 0 spiro atoms. The molecule has 5 heteroatoms. The van der Waals surface area contributed by atoms with Gasteiger partial charge in [0.2, 0.25) is 6.29 Å². The summed E-state index contributed by atoms with van der Waals surface area (Å²) in [6, 6.07) is 0. The Balaban J connectivity index is 3.92. The van der Waals surface area contributed by atoms with Crippen LogP contribution >= 0.6 is 0 Å². The van der Waals surface area contributed by atoms with Crippen LogP contribution < -0.4 is 5.32 Å². The second kappa shape index (κ2) is 7.84. The number of ether oxygens (including phenoxy) is 2. The van der Waals surface area contributed by atoms with Gasteiger partial charge in [-0.15, -0.1) is 0 Å². The van der Waals surface area contributed by atoms with Crippen LogP contribution in [0.2, 0.25) is 0 Å². The fourth-order valence-electron chi connectivity index (χ4n) is 0.757. The van der Waals surface area contributed by atoms with E-state index in [9.17, 15) is 9.59 Å².